The van der Waals surface area contributed by atoms with Gasteiger partial charge in [-0.1, -0.05) is 24.3 Å². The summed E-state index contributed by atoms with van der Waals surface area (Å²) in [5.74, 6) is -0.718. The monoisotopic (exact) mass is 376 g/mol. The molecule has 5 nitrogen and oxygen atoms in total. The molecule has 27 heavy (non-hydrogen) atoms. The number of nitrogens with one attached hydrogen (secondary N) is 3. The van der Waals surface area contributed by atoms with Gasteiger partial charge in [0.1, 0.15) is 11.5 Å². The Balaban J connectivity index is 1.43. The zero-order valence-electron chi connectivity index (χ0n) is 13.9. The van der Waals surface area contributed by atoms with Crippen molar-refractivity contribution in [1.29, 1.82) is 0 Å². The van der Waals surface area contributed by atoms with Crippen molar-refractivity contribution in [2.24, 2.45) is 0 Å². The second kappa shape index (κ2) is 6.07. The fourth-order valence-corrected chi connectivity index (χ4v) is 3.85. The van der Waals surface area contributed by atoms with Gasteiger partial charge in [-0.3, -0.25) is 10.1 Å². The standard InChI is InChI=1S/C20H13FN4OS/c21-14-5-3-7-16-12(14)8-17(23-16)19(26)25-20-24-18(10-27-20)13-9-22-15-6-2-1-4-11(13)15/h1-10,22-23H,(H,24,25,26). The number of hydrogen-bond acceptors (Lipinski definition) is 3. The first-order valence-electron chi connectivity index (χ1n) is 8.29. The number of nitrogens with zero attached hydrogens (tertiary/aromatic N) is 1. The quantitative estimate of drug-likeness (QED) is 0.407. The van der Waals surface area contributed by atoms with Crippen LogP contribution in [0.2, 0.25) is 0 Å². The van der Waals surface area contributed by atoms with Crippen LogP contribution in [0.15, 0.2) is 60.1 Å². The lowest BCUT2D eigenvalue weighted by Gasteiger charge is -1.98. The molecule has 3 N–H and O–H groups in total. The molecule has 3 heterocycles. The highest BCUT2D eigenvalue weighted by Crippen LogP contribution is 2.31. The zero-order valence-corrected chi connectivity index (χ0v) is 14.7. The van der Waals surface area contributed by atoms with Gasteiger partial charge in [-0.2, -0.15) is 0 Å². The van der Waals surface area contributed by atoms with E-state index in [0.717, 1.165) is 22.2 Å². The molecule has 5 aromatic rings. The van der Waals surface area contributed by atoms with E-state index >= 15 is 0 Å². The number of thiazole rings is 1. The lowest BCUT2D eigenvalue weighted by Crippen LogP contribution is -2.11. The SMILES string of the molecule is O=C(Nc1nc(-c2c[nH]c3ccccc23)cs1)c1cc2c(F)cccc2[nH]1. The Kier molecular flexibility index (Phi) is 3.54. The molecule has 0 aliphatic heterocycles. The highest BCUT2D eigenvalue weighted by molar-refractivity contribution is 7.14. The average molecular weight is 376 g/mol. The van der Waals surface area contributed by atoms with E-state index in [1.165, 1.54) is 23.5 Å². The van der Waals surface area contributed by atoms with Gasteiger partial charge in [0.15, 0.2) is 5.13 Å². The summed E-state index contributed by atoms with van der Waals surface area (Å²) in [6.45, 7) is 0. The van der Waals surface area contributed by atoms with Crippen LogP contribution in [0, 0.1) is 5.82 Å². The number of fused-ring (bicyclic) bond motifs is 2. The molecule has 0 bridgehead atoms. The second-order valence-electron chi connectivity index (χ2n) is 6.12. The fourth-order valence-electron chi connectivity index (χ4n) is 3.14. The number of aromatic nitrogens is 3. The van der Waals surface area contributed by atoms with Crippen LogP contribution in [-0.2, 0) is 0 Å². The van der Waals surface area contributed by atoms with Crippen LogP contribution in [0.3, 0.4) is 0 Å². The highest BCUT2D eigenvalue weighted by atomic mass is 32.1. The predicted octanol–water partition coefficient (Wildman–Crippen LogP) is 5.16. The Labute approximate surface area is 156 Å². The third kappa shape index (κ3) is 2.69. The summed E-state index contributed by atoms with van der Waals surface area (Å²) >= 11 is 1.34. The van der Waals surface area contributed by atoms with Gasteiger partial charge in [0, 0.05) is 38.9 Å². The number of rotatable bonds is 3. The van der Waals surface area contributed by atoms with E-state index in [1.54, 1.807) is 12.1 Å². The Morgan fingerprint density at radius 3 is 2.81 bits per heavy atom. The number of carbonyl (C=O) groups is 1. The van der Waals surface area contributed by atoms with Crippen LogP contribution >= 0.6 is 11.3 Å². The van der Waals surface area contributed by atoms with Crippen molar-refractivity contribution in [2.75, 3.05) is 5.32 Å². The summed E-state index contributed by atoms with van der Waals surface area (Å²) in [4.78, 5) is 23.2. The van der Waals surface area contributed by atoms with Crippen molar-refractivity contribution >= 4 is 44.2 Å². The third-order valence-corrected chi connectivity index (χ3v) is 5.20. The van der Waals surface area contributed by atoms with E-state index in [2.05, 4.69) is 20.3 Å². The van der Waals surface area contributed by atoms with Crippen LogP contribution in [0.25, 0.3) is 33.1 Å². The molecule has 0 fully saturated rings. The largest absolute Gasteiger partial charge is 0.360 e. The third-order valence-electron chi connectivity index (χ3n) is 4.45. The number of H-pyrrole nitrogens is 2. The average Bonchev–Trinajstić information content (AvgIpc) is 3.39. The molecule has 2 aromatic carbocycles. The molecule has 0 spiro atoms. The molecule has 0 aliphatic carbocycles. The summed E-state index contributed by atoms with van der Waals surface area (Å²) in [5, 5.41) is 6.62. The predicted molar refractivity (Wildman–Crippen MR) is 106 cm³/mol. The molecular weight excluding hydrogens is 363 g/mol. The molecule has 1 amide bonds. The number of anilines is 1. The van der Waals surface area contributed by atoms with Crippen LogP contribution in [0.5, 0.6) is 0 Å². The maximum absolute atomic E-state index is 13.8. The van der Waals surface area contributed by atoms with Gasteiger partial charge < -0.3 is 9.97 Å². The summed E-state index contributed by atoms with van der Waals surface area (Å²) in [6.07, 6.45) is 1.91. The first kappa shape index (κ1) is 15.8. The van der Waals surface area contributed by atoms with Gasteiger partial charge in [0.2, 0.25) is 0 Å². The minimum absolute atomic E-state index is 0.291. The van der Waals surface area contributed by atoms with Crippen molar-refractivity contribution in [3.63, 3.8) is 0 Å². The number of amides is 1. The van der Waals surface area contributed by atoms with Gasteiger partial charge in [-0.25, -0.2) is 9.37 Å². The Hall–Kier alpha value is -3.45. The first-order valence-corrected chi connectivity index (χ1v) is 9.17. The van der Waals surface area contributed by atoms with E-state index in [9.17, 15) is 9.18 Å². The second-order valence-corrected chi connectivity index (χ2v) is 6.98. The molecule has 0 saturated carbocycles. The number of aromatic amines is 2. The van der Waals surface area contributed by atoms with E-state index in [0.29, 0.717) is 21.7 Å². The Morgan fingerprint density at radius 2 is 1.93 bits per heavy atom. The molecule has 3 aromatic heterocycles. The Bertz CT molecular complexity index is 1300. The van der Waals surface area contributed by atoms with Gasteiger partial charge in [0.05, 0.1) is 5.69 Å². The lowest BCUT2D eigenvalue weighted by atomic mass is 10.1. The normalized spacial score (nSPS) is 11.3. The number of hydrogen-bond donors (Lipinski definition) is 3. The summed E-state index contributed by atoms with van der Waals surface area (Å²) in [6, 6.07) is 14.2. The molecule has 132 valence electrons. The van der Waals surface area contributed by atoms with E-state index in [1.807, 2.05) is 35.8 Å². The van der Waals surface area contributed by atoms with E-state index in [4.69, 9.17) is 0 Å². The maximum Gasteiger partial charge on any atom is 0.273 e. The van der Waals surface area contributed by atoms with Gasteiger partial charge in [0.25, 0.3) is 5.91 Å². The summed E-state index contributed by atoms with van der Waals surface area (Å²) < 4.78 is 13.8. The highest BCUT2D eigenvalue weighted by Gasteiger charge is 2.15. The molecular formula is C20H13FN4OS. The van der Waals surface area contributed by atoms with Gasteiger partial charge in [-0.15, -0.1) is 11.3 Å². The minimum Gasteiger partial charge on any atom is -0.360 e. The molecule has 0 aliphatic rings. The van der Waals surface area contributed by atoms with Crippen molar-refractivity contribution in [3.05, 3.63) is 71.6 Å². The summed E-state index contributed by atoms with van der Waals surface area (Å²) in [7, 11) is 0. The number of halogens is 1. The van der Waals surface area contributed by atoms with Gasteiger partial charge >= 0.3 is 0 Å². The molecule has 0 radical (unpaired) electrons. The van der Waals surface area contributed by atoms with E-state index < -0.39 is 0 Å². The molecule has 5 rings (SSSR count). The molecule has 0 unspecified atom stereocenters. The fraction of sp³-hybridized carbons (Fsp3) is 0. The minimum atomic E-state index is -0.362. The van der Waals surface area contributed by atoms with E-state index in [-0.39, 0.29) is 11.7 Å². The molecule has 0 atom stereocenters. The smallest absolute Gasteiger partial charge is 0.273 e. The number of para-hydroxylation sites is 1. The van der Waals surface area contributed by atoms with Crippen molar-refractivity contribution < 1.29 is 9.18 Å². The van der Waals surface area contributed by atoms with Crippen LogP contribution in [0.4, 0.5) is 9.52 Å². The number of benzene rings is 2. The number of carbonyl (C=O) groups excluding carboxylic acids is 1. The zero-order chi connectivity index (χ0) is 18.4. The molecule has 7 heteroatoms. The Morgan fingerprint density at radius 1 is 1.07 bits per heavy atom. The first-order chi connectivity index (χ1) is 13.2. The maximum atomic E-state index is 13.8. The van der Waals surface area contributed by atoms with Crippen molar-refractivity contribution in [3.8, 4) is 11.3 Å². The van der Waals surface area contributed by atoms with Crippen LogP contribution < -0.4 is 5.32 Å². The lowest BCUT2D eigenvalue weighted by molar-refractivity contribution is 0.102. The van der Waals surface area contributed by atoms with Crippen LogP contribution in [0.1, 0.15) is 10.5 Å². The molecule has 0 saturated heterocycles. The van der Waals surface area contributed by atoms with Crippen molar-refractivity contribution in [2.45, 2.75) is 0 Å². The van der Waals surface area contributed by atoms with Crippen LogP contribution in [-0.4, -0.2) is 20.9 Å². The van der Waals surface area contributed by atoms with Gasteiger partial charge in [-0.05, 0) is 24.3 Å². The summed E-state index contributed by atoms with van der Waals surface area (Å²) in [5.41, 5.74) is 3.68. The van der Waals surface area contributed by atoms with Crippen molar-refractivity contribution in [1.82, 2.24) is 15.0 Å². The topological polar surface area (TPSA) is 73.6 Å².